The smallest absolute Gasteiger partial charge is 0.299 e. The predicted octanol–water partition coefficient (Wildman–Crippen LogP) is 8.76. The number of likely N-dealkylation sites (tertiary alicyclic amines) is 2. The molecule has 5 N–H and O–H groups in total. The number of piperidine rings is 2. The van der Waals surface area contributed by atoms with Gasteiger partial charge in [0.25, 0.3) is 10.2 Å². The van der Waals surface area contributed by atoms with Crippen molar-refractivity contribution in [1.29, 1.82) is 0 Å². The monoisotopic (exact) mass is 745 g/mol. The van der Waals surface area contributed by atoms with Crippen molar-refractivity contribution in [2.24, 2.45) is 23.7 Å². The van der Waals surface area contributed by atoms with Crippen molar-refractivity contribution in [2.45, 2.75) is 130 Å². The lowest BCUT2D eigenvalue weighted by Gasteiger charge is -2.25. The summed E-state index contributed by atoms with van der Waals surface area (Å²) in [5.74, 6) is 3.11. The van der Waals surface area contributed by atoms with Gasteiger partial charge in [0.1, 0.15) is 0 Å². The molecule has 0 bridgehead atoms. The Balaban J connectivity index is 0.000000480. The van der Waals surface area contributed by atoms with Gasteiger partial charge in [-0.3, -0.25) is 4.72 Å². The minimum atomic E-state index is -3.53. The highest BCUT2D eigenvalue weighted by Gasteiger charge is 2.66. The molecule has 4 fully saturated rings. The Labute approximate surface area is 323 Å². The molecule has 0 amide bonds. The van der Waals surface area contributed by atoms with Crippen LogP contribution < -0.4 is 20.5 Å². The SMILES string of the molecule is CCCCCCN1CC2C(C1)C2(C)c1cccc(N)c1.CCCCCCN1CC2C(C1)C2(C)c1cccc(NS(=O)(=O)NC(C)C)c1.CNC(C)C.[HH].[HH].[HH]. The number of anilines is 2. The molecule has 2 aromatic carbocycles. The second-order valence-corrected chi connectivity index (χ2v) is 18.6. The van der Waals surface area contributed by atoms with E-state index < -0.39 is 10.2 Å². The Morgan fingerprint density at radius 3 is 1.58 bits per heavy atom. The molecule has 2 aliphatic carbocycles. The minimum absolute atomic E-state index is 0. The van der Waals surface area contributed by atoms with Crippen LogP contribution in [0.5, 0.6) is 0 Å². The Bertz CT molecular complexity index is 1490. The summed E-state index contributed by atoms with van der Waals surface area (Å²) < 4.78 is 29.5. The molecular formula is C43H80N6O2S. The van der Waals surface area contributed by atoms with Crippen LogP contribution in [0.15, 0.2) is 48.5 Å². The fourth-order valence-electron chi connectivity index (χ4n) is 8.96. The molecule has 4 unspecified atom stereocenters. The van der Waals surface area contributed by atoms with E-state index in [1.165, 1.54) is 102 Å². The first kappa shape index (κ1) is 42.6. The van der Waals surface area contributed by atoms with Crippen LogP contribution in [-0.2, 0) is 21.0 Å². The normalized spacial score (nSPS) is 27.8. The van der Waals surface area contributed by atoms with Crippen LogP contribution in [0.4, 0.5) is 11.4 Å². The van der Waals surface area contributed by atoms with Crippen molar-refractivity contribution in [3.05, 3.63) is 59.7 Å². The Kier molecular flexibility index (Phi) is 15.5. The molecule has 0 radical (unpaired) electrons. The number of benzene rings is 2. The van der Waals surface area contributed by atoms with Crippen LogP contribution in [0, 0.1) is 23.7 Å². The third kappa shape index (κ3) is 11.0. The second-order valence-electron chi connectivity index (χ2n) is 17.2. The van der Waals surface area contributed by atoms with Gasteiger partial charge in [0.2, 0.25) is 0 Å². The minimum Gasteiger partial charge on any atom is -0.399 e. The zero-order chi connectivity index (χ0) is 38.1. The zero-order valence-electron chi connectivity index (χ0n) is 34.2. The highest BCUT2D eigenvalue weighted by Crippen LogP contribution is 2.64. The number of fused-ring (bicyclic) bond motifs is 2. The Morgan fingerprint density at radius 2 is 1.17 bits per heavy atom. The molecule has 2 aliphatic heterocycles. The number of hydrogen-bond acceptors (Lipinski definition) is 6. The molecule has 2 aromatic rings. The summed E-state index contributed by atoms with van der Waals surface area (Å²) in [6, 6.07) is 17.0. The standard InChI is InChI=1S/C21H35N3O2S.C18H28N2.C4H11N.3H2/c1-5-6-7-8-12-24-14-19-20(15-24)21(19,4)17-10-9-11-18(13-17)23-27(25,26)22-16(2)3;1-3-4-5-6-10-20-12-16-17(13-20)18(16,2)14-8-7-9-15(19)11-14;1-4(2)5-3;;;/h9-11,13,16,19-20,22-23H,5-8,12,14-15H2,1-4H3;7-9,11,16-17H,3-6,10,12-13,19H2,1-2H3;4-5H,1-3H3;3*1H. The third-order valence-electron chi connectivity index (χ3n) is 12.5. The van der Waals surface area contributed by atoms with Crippen LogP contribution in [0.1, 0.15) is 122 Å². The lowest BCUT2D eigenvalue weighted by Crippen LogP contribution is -2.35. The molecule has 0 aromatic heterocycles. The van der Waals surface area contributed by atoms with Crippen LogP contribution in [0.2, 0.25) is 0 Å². The summed E-state index contributed by atoms with van der Waals surface area (Å²) in [5, 5.41) is 3.03. The lowest BCUT2D eigenvalue weighted by atomic mass is 9.92. The highest BCUT2D eigenvalue weighted by atomic mass is 32.2. The molecule has 0 spiro atoms. The molecule has 52 heavy (non-hydrogen) atoms. The lowest BCUT2D eigenvalue weighted by molar-refractivity contribution is 0.271. The van der Waals surface area contributed by atoms with Gasteiger partial charge in [-0.1, -0.05) is 104 Å². The summed E-state index contributed by atoms with van der Waals surface area (Å²) >= 11 is 0. The first-order valence-electron chi connectivity index (χ1n) is 20.6. The van der Waals surface area contributed by atoms with Crippen molar-refractivity contribution < 1.29 is 12.7 Å². The molecule has 2 heterocycles. The van der Waals surface area contributed by atoms with Crippen molar-refractivity contribution in [3.8, 4) is 0 Å². The predicted molar refractivity (Wildman–Crippen MR) is 228 cm³/mol. The van der Waals surface area contributed by atoms with Gasteiger partial charge in [-0.2, -0.15) is 13.1 Å². The molecular weight excluding hydrogens is 665 g/mol. The first-order chi connectivity index (χ1) is 24.7. The maximum Gasteiger partial charge on any atom is 0.299 e. The van der Waals surface area contributed by atoms with Crippen LogP contribution in [-0.4, -0.2) is 76.6 Å². The number of nitrogens with one attached hydrogen (secondary N) is 3. The molecule has 6 rings (SSSR count). The van der Waals surface area contributed by atoms with Crippen molar-refractivity contribution >= 4 is 21.6 Å². The van der Waals surface area contributed by atoms with E-state index in [1.807, 2.05) is 45.2 Å². The molecule has 4 aliphatic rings. The first-order valence-corrected chi connectivity index (χ1v) is 22.1. The highest BCUT2D eigenvalue weighted by molar-refractivity contribution is 7.90. The van der Waals surface area contributed by atoms with Crippen LogP contribution in [0.25, 0.3) is 0 Å². The summed E-state index contributed by atoms with van der Waals surface area (Å²) in [7, 11) is -1.58. The van der Waals surface area contributed by atoms with Crippen molar-refractivity contribution in [2.75, 3.05) is 56.8 Å². The van der Waals surface area contributed by atoms with E-state index >= 15 is 0 Å². The topological polar surface area (TPSA) is 103 Å². The Hall–Kier alpha value is -2.17. The number of rotatable bonds is 17. The van der Waals surface area contributed by atoms with Gasteiger partial charge in [0.05, 0.1) is 5.69 Å². The van der Waals surface area contributed by atoms with E-state index in [4.69, 9.17) is 5.73 Å². The van der Waals surface area contributed by atoms with Gasteiger partial charge in [0, 0.05) is 59.1 Å². The van der Waals surface area contributed by atoms with Gasteiger partial charge in [0.15, 0.2) is 0 Å². The van der Waals surface area contributed by atoms with E-state index in [9.17, 15) is 8.42 Å². The molecule has 4 atom stereocenters. The fraction of sp³-hybridized carbons (Fsp3) is 0.721. The van der Waals surface area contributed by atoms with E-state index in [1.54, 1.807) is 0 Å². The fourth-order valence-corrected chi connectivity index (χ4v) is 10.1. The van der Waals surface area contributed by atoms with Gasteiger partial charge >= 0.3 is 0 Å². The summed E-state index contributed by atoms with van der Waals surface area (Å²) in [4.78, 5) is 5.30. The average Bonchev–Trinajstić information content (AvgIpc) is 3.58. The van der Waals surface area contributed by atoms with Crippen molar-refractivity contribution in [3.63, 3.8) is 0 Å². The summed E-state index contributed by atoms with van der Waals surface area (Å²) in [5.41, 5.74) is 10.8. The number of hydrogen-bond donors (Lipinski definition) is 4. The van der Waals surface area contributed by atoms with Gasteiger partial charge in [-0.25, -0.2) is 0 Å². The molecule has 300 valence electrons. The van der Waals surface area contributed by atoms with E-state index in [0.29, 0.717) is 29.0 Å². The van der Waals surface area contributed by atoms with E-state index in [0.717, 1.165) is 17.5 Å². The maximum absolute atomic E-state index is 12.1. The van der Waals surface area contributed by atoms with Crippen molar-refractivity contribution in [1.82, 2.24) is 19.8 Å². The molecule has 2 saturated heterocycles. The Morgan fingerprint density at radius 1 is 0.731 bits per heavy atom. The second kappa shape index (κ2) is 18.9. The van der Waals surface area contributed by atoms with Gasteiger partial charge in [-0.15, -0.1) is 0 Å². The molecule has 8 nitrogen and oxygen atoms in total. The number of nitrogens with zero attached hydrogens (tertiary/aromatic N) is 2. The third-order valence-corrected chi connectivity index (χ3v) is 13.8. The molecule has 2 saturated carbocycles. The summed E-state index contributed by atoms with van der Waals surface area (Å²) in [6.45, 7) is 24.6. The maximum atomic E-state index is 12.1. The van der Waals surface area contributed by atoms with Crippen LogP contribution in [0.3, 0.4) is 0 Å². The van der Waals surface area contributed by atoms with Crippen LogP contribution >= 0.6 is 0 Å². The quantitative estimate of drug-likeness (QED) is 0.0955. The largest absolute Gasteiger partial charge is 0.399 e. The average molecular weight is 745 g/mol. The number of nitrogen functional groups attached to an aromatic ring is 1. The van der Waals surface area contributed by atoms with Gasteiger partial charge < -0.3 is 20.9 Å². The van der Waals surface area contributed by atoms with E-state index in [2.05, 4.69) is 90.4 Å². The molecule has 9 heteroatoms. The summed E-state index contributed by atoms with van der Waals surface area (Å²) in [6.07, 6.45) is 10.8. The number of unbranched alkanes of at least 4 members (excludes halogenated alkanes) is 6. The van der Waals surface area contributed by atoms with E-state index in [-0.39, 0.29) is 15.7 Å². The van der Waals surface area contributed by atoms with Gasteiger partial charge in [-0.05, 0) is 106 Å². The number of nitrogens with two attached hydrogens (primary N) is 1. The zero-order valence-corrected chi connectivity index (χ0v) is 35.0.